The molecule has 0 N–H and O–H groups in total. The molecule has 0 radical (unpaired) electrons. The highest BCUT2D eigenvalue weighted by Gasteiger charge is 2.58. The van der Waals surface area contributed by atoms with E-state index in [9.17, 15) is 0 Å². The third kappa shape index (κ3) is 7.55. The Hall–Kier alpha value is 0. The summed E-state index contributed by atoms with van der Waals surface area (Å²) in [7, 11) is 0. The molecule has 0 aromatic heterocycles. The molecule has 0 saturated carbocycles. The van der Waals surface area contributed by atoms with Crippen LogP contribution in [0.15, 0.2) is 0 Å². The molecule has 0 atom stereocenters. The van der Waals surface area contributed by atoms with E-state index in [1.165, 1.54) is 25.7 Å². The van der Waals surface area contributed by atoms with Crippen molar-refractivity contribution in [1.29, 1.82) is 0 Å². The van der Waals surface area contributed by atoms with Gasteiger partial charge in [0.15, 0.2) is 0 Å². The van der Waals surface area contributed by atoms with E-state index >= 15 is 0 Å². The molecule has 0 aromatic carbocycles. The number of hydrogen-bond donors (Lipinski definition) is 0. The van der Waals surface area contributed by atoms with E-state index in [1.807, 2.05) is 0 Å². The van der Waals surface area contributed by atoms with Crippen molar-refractivity contribution >= 4 is 0 Å². The van der Waals surface area contributed by atoms with Crippen molar-refractivity contribution in [3.8, 4) is 0 Å². The van der Waals surface area contributed by atoms with Crippen LogP contribution in [0.25, 0.3) is 0 Å². The summed E-state index contributed by atoms with van der Waals surface area (Å²) in [6.45, 7) is 60.7. The van der Waals surface area contributed by atoms with Crippen molar-refractivity contribution in [2.45, 2.75) is 192 Å². The molecule has 0 heterocycles. The second-order valence-corrected chi connectivity index (χ2v) is 21.4. The third-order valence-corrected chi connectivity index (χ3v) is 15.3. The minimum absolute atomic E-state index is 0.157. The predicted octanol–water partition coefficient (Wildman–Crippen LogP) is 14.1. The van der Waals surface area contributed by atoms with E-state index in [2.05, 4.69) is 166 Å². The van der Waals surface area contributed by atoms with E-state index in [1.54, 1.807) is 0 Å². The molecular weight excluding hydrogens is 480 g/mol. The van der Waals surface area contributed by atoms with Crippen molar-refractivity contribution < 1.29 is 0 Å². The molecule has 0 aromatic rings. The molecule has 0 saturated heterocycles. The Morgan fingerprint density at radius 1 is 0.325 bits per heavy atom. The third-order valence-electron chi connectivity index (χ3n) is 15.3. The van der Waals surface area contributed by atoms with Crippen LogP contribution in [0.5, 0.6) is 0 Å². The van der Waals surface area contributed by atoms with Crippen LogP contribution in [0.4, 0.5) is 0 Å². The fourth-order valence-electron chi connectivity index (χ4n) is 8.68. The van der Waals surface area contributed by atoms with Gasteiger partial charge in [0, 0.05) is 0 Å². The van der Waals surface area contributed by atoms with Gasteiger partial charge in [-0.1, -0.05) is 166 Å². The van der Waals surface area contributed by atoms with E-state index < -0.39 is 0 Å². The van der Waals surface area contributed by atoms with Gasteiger partial charge >= 0.3 is 0 Å². The lowest BCUT2D eigenvalue weighted by atomic mass is 9.43. The SMILES string of the molecule is CC(C)CC(C)(C)C(C)(C)C(C)(C)CC(C)(C)C(C)(C)C(C)(C)CC(C)(C)C(C)(C)C(C)(C)CC(C)(C)C(C)C. The Labute approximate surface area is 257 Å². The van der Waals surface area contributed by atoms with Gasteiger partial charge in [0.1, 0.15) is 0 Å². The second kappa shape index (κ2) is 11.5. The quantitative estimate of drug-likeness (QED) is 0.186. The highest BCUT2D eigenvalue weighted by molar-refractivity contribution is 5.07. The van der Waals surface area contributed by atoms with Gasteiger partial charge in [0.05, 0.1) is 0 Å². The average molecular weight is 563 g/mol. The Bertz CT molecular complexity index is 814. The maximum absolute atomic E-state index is 2.59. The standard InChI is InChI=1S/C40H82/c1-29(2)25-32(7,8)38(19,20)34(11,12)27-36(15,16)40(23,24)37(17,18)28-35(13,14)39(21,22)33(9,10)26-31(5,6)30(3)4/h29-30H,25-28H2,1-24H3. The smallest absolute Gasteiger partial charge is 0.0251 e. The molecule has 0 aliphatic rings. The zero-order valence-corrected chi connectivity index (χ0v) is 33.0. The minimum Gasteiger partial charge on any atom is -0.0628 e. The lowest BCUT2D eigenvalue weighted by Crippen LogP contribution is -2.54. The van der Waals surface area contributed by atoms with Crippen molar-refractivity contribution in [3.63, 3.8) is 0 Å². The zero-order valence-electron chi connectivity index (χ0n) is 33.0. The fraction of sp³-hybridized carbons (Fsp3) is 1.00. The second-order valence-electron chi connectivity index (χ2n) is 21.4. The van der Waals surface area contributed by atoms with Crippen molar-refractivity contribution in [3.05, 3.63) is 0 Å². The predicted molar refractivity (Wildman–Crippen MR) is 186 cm³/mol. The maximum Gasteiger partial charge on any atom is -0.0251 e. The van der Waals surface area contributed by atoms with Crippen molar-refractivity contribution in [1.82, 2.24) is 0 Å². The molecule has 0 unspecified atom stereocenters. The van der Waals surface area contributed by atoms with Gasteiger partial charge in [0.2, 0.25) is 0 Å². The highest BCUT2D eigenvalue weighted by atomic mass is 14.6. The Morgan fingerprint density at radius 3 is 0.775 bits per heavy atom. The van der Waals surface area contributed by atoms with Gasteiger partial charge in [-0.15, -0.1) is 0 Å². The summed E-state index contributed by atoms with van der Waals surface area (Å²) >= 11 is 0. The largest absolute Gasteiger partial charge is 0.0628 e. The fourth-order valence-corrected chi connectivity index (χ4v) is 8.68. The average Bonchev–Trinajstić information content (AvgIpc) is 2.63. The molecule has 0 fully saturated rings. The molecule has 0 rings (SSSR count). The van der Waals surface area contributed by atoms with E-state index in [4.69, 9.17) is 0 Å². The van der Waals surface area contributed by atoms with Gasteiger partial charge in [-0.25, -0.2) is 0 Å². The van der Waals surface area contributed by atoms with Crippen LogP contribution in [-0.2, 0) is 0 Å². The maximum atomic E-state index is 2.59. The molecule has 0 bridgehead atoms. The van der Waals surface area contributed by atoms with Crippen LogP contribution < -0.4 is 0 Å². The Balaban J connectivity index is 6.40. The van der Waals surface area contributed by atoms with Gasteiger partial charge in [0.25, 0.3) is 0 Å². The van der Waals surface area contributed by atoms with E-state index in [-0.39, 0.29) is 48.7 Å². The van der Waals surface area contributed by atoms with Crippen molar-refractivity contribution in [2.24, 2.45) is 66.0 Å². The topological polar surface area (TPSA) is 0 Å². The summed E-state index contributed by atoms with van der Waals surface area (Å²) in [5, 5.41) is 0. The van der Waals surface area contributed by atoms with E-state index in [0.717, 1.165) is 5.92 Å². The zero-order chi connectivity index (χ0) is 33.0. The van der Waals surface area contributed by atoms with Gasteiger partial charge in [-0.05, 0) is 91.7 Å². The molecule has 0 nitrogen and oxygen atoms in total. The molecule has 0 heteroatoms. The first-order valence-corrected chi connectivity index (χ1v) is 17.0. The highest BCUT2D eigenvalue weighted by Crippen LogP contribution is 2.66. The summed E-state index contributed by atoms with van der Waals surface area (Å²) in [5.74, 6) is 1.40. The lowest BCUT2D eigenvalue weighted by molar-refractivity contribution is -0.129. The van der Waals surface area contributed by atoms with Crippen LogP contribution >= 0.6 is 0 Å². The summed E-state index contributed by atoms with van der Waals surface area (Å²) in [4.78, 5) is 0. The van der Waals surface area contributed by atoms with Gasteiger partial charge in [-0.2, -0.15) is 0 Å². The molecule has 0 aliphatic heterocycles. The monoisotopic (exact) mass is 563 g/mol. The van der Waals surface area contributed by atoms with Crippen LogP contribution in [0, 0.1) is 66.0 Å². The first-order valence-electron chi connectivity index (χ1n) is 17.0. The molecule has 0 spiro atoms. The van der Waals surface area contributed by atoms with Gasteiger partial charge in [-0.3, -0.25) is 0 Å². The summed E-state index contributed by atoms with van der Waals surface area (Å²) in [6, 6.07) is 0. The molecule has 242 valence electrons. The number of hydrogen-bond acceptors (Lipinski definition) is 0. The normalized spacial score (nSPS) is 16.4. The first-order chi connectivity index (χ1) is 17.0. The van der Waals surface area contributed by atoms with Crippen LogP contribution in [-0.4, -0.2) is 0 Å². The molecule has 40 heavy (non-hydrogen) atoms. The molecule has 0 aliphatic carbocycles. The lowest BCUT2D eigenvalue weighted by Gasteiger charge is -2.62. The summed E-state index contributed by atoms with van der Waals surface area (Å²) < 4.78 is 0. The van der Waals surface area contributed by atoms with Crippen molar-refractivity contribution in [2.75, 3.05) is 0 Å². The summed E-state index contributed by atoms with van der Waals surface area (Å²) in [6.07, 6.45) is 4.96. The minimum atomic E-state index is 0.157. The Morgan fingerprint density at radius 2 is 0.550 bits per heavy atom. The Kier molecular flexibility index (Phi) is 11.5. The number of rotatable bonds is 15. The van der Waals surface area contributed by atoms with Crippen LogP contribution in [0.2, 0.25) is 0 Å². The van der Waals surface area contributed by atoms with Crippen LogP contribution in [0.3, 0.4) is 0 Å². The molecule has 0 amide bonds. The first kappa shape index (κ1) is 40.0. The molecular formula is C40H82. The van der Waals surface area contributed by atoms with Crippen LogP contribution in [0.1, 0.15) is 192 Å². The van der Waals surface area contributed by atoms with Gasteiger partial charge < -0.3 is 0 Å². The van der Waals surface area contributed by atoms with E-state index in [0.29, 0.717) is 11.3 Å². The summed E-state index contributed by atoms with van der Waals surface area (Å²) in [5.41, 5.74) is 2.16.